The summed E-state index contributed by atoms with van der Waals surface area (Å²) in [5.74, 6) is 0.534. The molecule has 5 heteroatoms. The van der Waals surface area contributed by atoms with Gasteiger partial charge in [0, 0.05) is 18.0 Å². The summed E-state index contributed by atoms with van der Waals surface area (Å²) in [4.78, 5) is 9.01. The molecule has 0 aliphatic heterocycles. The highest BCUT2D eigenvalue weighted by molar-refractivity contribution is 6.74. The number of allylic oxidation sites excluding steroid dienone is 1. The van der Waals surface area contributed by atoms with Gasteiger partial charge in [0.25, 0.3) is 8.32 Å². The Kier molecular flexibility index (Phi) is 5.11. The highest BCUT2D eigenvalue weighted by atomic mass is 28.4. The van der Waals surface area contributed by atoms with Crippen molar-refractivity contribution in [2.24, 2.45) is 5.16 Å². The molecule has 0 spiro atoms. The first-order valence-corrected chi connectivity index (χ1v) is 9.49. The summed E-state index contributed by atoms with van der Waals surface area (Å²) in [7, 11) is -0.439. The summed E-state index contributed by atoms with van der Waals surface area (Å²) in [6.45, 7) is 14.9. The van der Waals surface area contributed by atoms with Crippen molar-refractivity contribution >= 4 is 14.0 Å². The molecule has 110 valence electrons. The van der Waals surface area contributed by atoms with Gasteiger partial charge in [-0.25, -0.2) is 0 Å². The number of rotatable bonds is 5. The summed E-state index contributed by atoms with van der Waals surface area (Å²) in [6, 6.07) is 3.76. The molecule has 0 bridgehead atoms. The van der Waals surface area contributed by atoms with Crippen molar-refractivity contribution in [3.8, 4) is 0 Å². The fourth-order valence-electron chi connectivity index (χ4n) is 1.37. The minimum atomic E-state index is -1.95. The van der Waals surface area contributed by atoms with E-state index in [1.807, 2.05) is 12.1 Å². The Bertz CT molecular complexity index is 490. The van der Waals surface area contributed by atoms with Gasteiger partial charge in [0.2, 0.25) is 0 Å². The van der Waals surface area contributed by atoms with Gasteiger partial charge in [-0.1, -0.05) is 32.5 Å². The van der Waals surface area contributed by atoms with Crippen LogP contribution in [0.2, 0.25) is 18.1 Å². The summed E-state index contributed by atoms with van der Waals surface area (Å²) in [6.07, 6.45) is 3.43. The van der Waals surface area contributed by atoms with Crippen molar-refractivity contribution in [1.82, 2.24) is 4.98 Å². The molecule has 4 nitrogen and oxygen atoms in total. The van der Waals surface area contributed by atoms with E-state index in [2.05, 4.69) is 50.6 Å². The number of pyridine rings is 1. The lowest BCUT2D eigenvalue weighted by atomic mass is 10.1. The molecule has 0 aromatic carbocycles. The number of aromatic nitrogens is 1. The lowest BCUT2D eigenvalue weighted by molar-refractivity contribution is 0.212. The molecule has 0 fully saturated rings. The molecular weight excluding hydrogens is 268 g/mol. The lowest BCUT2D eigenvalue weighted by Gasteiger charge is -2.37. The van der Waals surface area contributed by atoms with Crippen LogP contribution < -0.4 is 0 Å². The second-order valence-corrected chi connectivity index (χ2v) is 10.9. The van der Waals surface area contributed by atoms with E-state index in [1.165, 1.54) is 7.11 Å². The van der Waals surface area contributed by atoms with Crippen molar-refractivity contribution in [2.45, 2.75) is 38.9 Å². The lowest BCUT2D eigenvalue weighted by Crippen LogP contribution is -2.41. The summed E-state index contributed by atoms with van der Waals surface area (Å²) in [5, 5.41) is 4.14. The first-order valence-electron chi connectivity index (χ1n) is 6.59. The zero-order valence-corrected chi connectivity index (χ0v) is 14.2. The minimum Gasteiger partial charge on any atom is -0.542 e. The predicted molar refractivity (Wildman–Crippen MR) is 85.2 cm³/mol. The highest BCUT2D eigenvalue weighted by Crippen LogP contribution is 2.38. The van der Waals surface area contributed by atoms with E-state index in [0.29, 0.717) is 11.5 Å². The predicted octanol–water partition coefficient (Wildman–Crippen LogP) is 3.97. The van der Waals surface area contributed by atoms with Gasteiger partial charge < -0.3 is 9.26 Å². The number of nitrogens with zero attached hydrogens (tertiary/aromatic N) is 2. The fraction of sp³-hybridized carbons (Fsp3) is 0.467. The topological polar surface area (TPSA) is 43.7 Å². The smallest absolute Gasteiger partial charge is 0.250 e. The van der Waals surface area contributed by atoms with Crippen molar-refractivity contribution in [3.05, 3.63) is 42.4 Å². The maximum absolute atomic E-state index is 6.18. The summed E-state index contributed by atoms with van der Waals surface area (Å²) < 4.78 is 6.18. The van der Waals surface area contributed by atoms with Gasteiger partial charge in [0.15, 0.2) is 5.71 Å². The van der Waals surface area contributed by atoms with Crippen LogP contribution in [0.25, 0.3) is 0 Å². The molecule has 1 rings (SSSR count). The van der Waals surface area contributed by atoms with Crippen molar-refractivity contribution in [1.29, 1.82) is 0 Å². The molecule has 1 aromatic rings. The maximum Gasteiger partial charge on any atom is 0.250 e. The van der Waals surface area contributed by atoms with Gasteiger partial charge in [-0.05, 0) is 30.3 Å². The quantitative estimate of drug-likeness (QED) is 0.357. The molecule has 0 aliphatic rings. The first kappa shape index (κ1) is 16.4. The Hall–Kier alpha value is -1.62. The standard InChI is InChI=1S/C15H24N2O2Si/c1-12(19-20(6,7)15(2,3)4)14(17-18-5)13-9-8-10-16-11-13/h8-11H,1H2,2-7H3/b17-14-. The Morgan fingerprint density at radius 1 is 1.35 bits per heavy atom. The van der Waals surface area contributed by atoms with Crippen LogP contribution in [0.15, 0.2) is 42.0 Å². The van der Waals surface area contributed by atoms with Gasteiger partial charge in [0.05, 0.1) is 0 Å². The van der Waals surface area contributed by atoms with E-state index in [9.17, 15) is 0 Å². The van der Waals surface area contributed by atoms with E-state index in [0.717, 1.165) is 5.56 Å². The monoisotopic (exact) mass is 292 g/mol. The molecule has 20 heavy (non-hydrogen) atoms. The van der Waals surface area contributed by atoms with E-state index in [-0.39, 0.29) is 5.04 Å². The molecule has 0 saturated carbocycles. The van der Waals surface area contributed by atoms with Crippen LogP contribution in [-0.4, -0.2) is 26.1 Å². The third kappa shape index (κ3) is 3.93. The van der Waals surface area contributed by atoms with Gasteiger partial charge in [-0.15, -0.1) is 0 Å². The normalized spacial score (nSPS) is 13.0. The van der Waals surface area contributed by atoms with E-state index < -0.39 is 8.32 Å². The fourth-order valence-corrected chi connectivity index (χ4v) is 2.39. The third-order valence-electron chi connectivity index (χ3n) is 3.57. The van der Waals surface area contributed by atoms with Crippen molar-refractivity contribution < 1.29 is 9.26 Å². The zero-order chi connectivity index (χ0) is 15.4. The molecule has 0 unspecified atom stereocenters. The average Bonchev–Trinajstić information content (AvgIpc) is 2.35. The average molecular weight is 292 g/mol. The van der Waals surface area contributed by atoms with Crippen LogP contribution in [0.3, 0.4) is 0 Å². The van der Waals surface area contributed by atoms with Gasteiger partial charge in [-0.3, -0.25) is 4.98 Å². The maximum atomic E-state index is 6.18. The Morgan fingerprint density at radius 2 is 2.00 bits per heavy atom. The zero-order valence-electron chi connectivity index (χ0n) is 13.2. The van der Waals surface area contributed by atoms with Gasteiger partial charge >= 0.3 is 0 Å². The summed E-state index contributed by atoms with van der Waals surface area (Å²) >= 11 is 0. The molecule has 0 saturated heterocycles. The van der Waals surface area contributed by atoms with Crippen LogP contribution in [-0.2, 0) is 9.26 Å². The minimum absolute atomic E-state index is 0.100. The molecule has 0 aliphatic carbocycles. The SMILES string of the molecule is C=C(O[Si](C)(C)C(C)(C)C)/C(=N/OC)c1cccnc1. The Morgan fingerprint density at radius 3 is 2.45 bits per heavy atom. The van der Waals surface area contributed by atoms with Crippen molar-refractivity contribution in [3.63, 3.8) is 0 Å². The van der Waals surface area contributed by atoms with Crippen LogP contribution in [0, 0.1) is 0 Å². The van der Waals surface area contributed by atoms with Crippen molar-refractivity contribution in [2.75, 3.05) is 7.11 Å². The van der Waals surface area contributed by atoms with Crippen LogP contribution in [0.4, 0.5) is 0 Å². The molecular formula is C15H24N2O2Si. The van der Waals surface area contributed by atoms with E-state index in [4.69, 9.17) is 9.26 Å². The Labute approximate surface area is 122 Å². The van der Waals surface area contributed by atoms with E-state index in [1.54, 1.807) is 12.4 Å². The van der Waals surface area contributed by atoms with Gasteiger partial charge in [-0.2, -0.15) is 0 Å². The highest BCUT2D eigenvalue weighted by Gasteiger charge is 2.39. The molecule has 1 heterocycles. The molecule has 0 atom stereocenters. The van der Waals surface area contributed by atoms with Crippen LogP contribution in [0.1, 0.15) is 26.3 Å². The molecule has 1 aromatic heterocycles. The molecule has 0 amide bonds. The molecule has 0 N–H and O–H groups in total. The van der Waals surface area contributed by atoms with Crippen LogP contribution in [0.5, 0.6) is 0 Å². The number of oxime groups is 1. The van der Waals surface area contributed by atoms with Gasteiger partial charge in [0.1, 0.15) is 12.9 Å². The molecule has 0 radical (unpaired) electrons. The first-order chi connectivity index (χ1) is 9.19. The number of hydrogen-bond donors (Lipinski definition) is 0. The second kappa shape index (κ2) is 6.22. The number of hydrogen-bond acceptors (Lipinski definition) is 4. The third-order valence-corrected chi connectivity index (χ3v) is 7.94. The van der Waals surface area contributed by atoms with E-state index >= 15 is 0 Å². The largest absolute Gasteiger partial charge is 0.542 e. The summed E-state index contributed by atoms with van der Waals surface area (Å²) in [5.41, 5.74) is 1.42. The Balaban J connectivity index is 3.02. The van der Waals surface area contributed by atoms with Crippen LogP contribution >= 0.6 is 0 Å². The second-order valence-electron chi connectivity index (χ2n) is 6.15.